The Bertz CT molecular complexity index is 284. The van der Waals surface area contributed by atoms with Gasteiger partial charge in [-0.15, -0.1) is 0 Å². The Morgan fingerprint density at radius 1 is 0.950 bits per heavy atom. The van der Waals surface area contributed by atoms with Gasteiger partial charge in [-0.25, -0.2) is 0 Å². The molecule has 3 heteroatoms. The highest BCUT2D eigenvalue weighted by molar-refractivity contribution is 4.88. The minimum atomic E-state index is 0.722. The minimum absolute atomic E-state index is 0.722. The molecule has 20 heavy (non-hydrogen) atoms. The van der Waals surface area contributed by atoms with E-state index in [2.05, 4.69) is 10.2 Å². The van der Waals surface area contributed by atoms with Crippen molar-refractivity contribution in [3.63, 3.8) is 0 Å². The van der Waals surface area contributed by atoms with Crippen LogP contribution in [-0.4, -0.2) is 43.7 Å². The molecule has 1 saturated heterocycles. The lowest BCUT2D eigenvalue weighted by Crippen LogP contribution is -2.51. The van der Waals surface area contributed by atoms with Crippen LogP contribution in [-0.2, 0) is 0 Å². The van der Waals surface area contributed by atoms with Gasteiger partial charge < -0.3 is 16.0 Å². The standard InChI is InChI=1S/C17H33N3/c18-7-8-20-12-16(9-14-5-6-14)10-17(13-20)19-11-15-3-1-2-4-15/h14-17,19H,1-13,18H2. The van der Waals surface area contributed by atoms with Crippen molar-refractivity contribution in [2.75, 3.05) is 32.7 Å². The molecule has 0 spiro atoms. The van der Waals surface area contributed by atoms with Crippen LogP contribution in [0.4, 0.5) is 0 Å². The third-order valence-electron chi connectivity index (χ3n) is 5.59. The van der Waals surface area contributed by atoms with Gasteiger partial charge in [0.15, 0.2) is 0 Å². The maximum absolute atomic E-state index is 5.78. The summed E-state index contributed by atoms with van der Waals surface area (Å²) in [4.78, 5) is 2.61. The molecule has 3 fully saturated rings. The summed E-state index contributed by atoms with van der Waals surface area (Å²) in [5.41, 5.74) is 5.78. The van der Waals surface area contributed by atoms with Crippen LogP contribution in [0.15, 0.2) is 0 Å². The Labute approximate surface area is 124 Å². The van der Waals surface area contributed by atoms with Gasteiger partial charge in [0, 0.05) is 32.2 Å². The lowest BCUT2D eigenvalue weighted by Gasteiger charge is -2.38. The highest BCUT2D eigenvalue weighted by Crippen LogP contribution is 2.37. The van der Waals surface area contributed by atoms with Gasteiger partial charge in [-0.2, -0.15) is 0 Å². The Morgan fingerprint density at radius 2 is 1.75 bits per heavy atom. The van der Waals surface area contributed by atoms with E-state index in [1.807, 2.05) is 0 Å². The molecule has 0 radical (unpaired) electrons. The minimum Gasteiger partial charge on any atom is -0.329 e. The summed E-state index contributed by atoms with van der Waals surface area (Å²) < 4.78 is 0. The van der Waals surface area contributed by atoms with Crippen molar-refractivity contribution in [3.05, 3.63) is 0 Å². The summed E-state index contributed by atoms with van der Waals surface area (Å²) in [5, 5.41) is 3.89. The van der Waals surface area contributed by atoms with Crippen LogP contribution in [0.3, 0.4) is 0 Å². The van der Waals surface area contributed by atoms with Gasteiger partial charge in [0.05, 0.1) is 0 Å². The highest BCUT2D eigenvalue weighted by Gasteiger charge is 2.32. The first-order valence-corrected chi connectivity index (χ1v) is 8.99. The van der Waals surface area contributed by atoms with E-state index < -0.39 is 0 Å². The van der Waals surface area contributed by atoms with E-state index in [4.69, 9.17) is 5.73 Å². The summed E-state index contributed by atoms with van der Waals surface area (Å²) in [6.07, 6.45) is 11.7. The van der Waals surface area contributed by atoms with Gasteiger partial charge in [0.25, 0.3) is 0 Å². The summed E-state index contributed by atoms with van der Waals surface area (Å²) in [6, 6.07) is 0.722. The van der Waals surface area contributed by atoms with Crippen LogP contribution >= 0.6 is 0 Å². The molecule has 3 aliphatic rings. The van der Waals surface area contributed by atoms with Gasteiger partial charge in [-0.1, -0.05) is 25.7 Å². The lowest BCUT2D eigenvalue weighted by molar-refractivity contribution is 0.133. The molecule has 2 unspecified atom stereocenters. The van der Waals surface area contributed by atoms with Crippen molar-refractivity contribution >= 4 is 0 Å². The molecule has 0 bridgehead atoms. The van der Waals surface area contributed by atoms with Crippen LogP contribution in [0, 0.1) is 17.8 Å². The third-order valence-corrected chi connectivity index (χ3v) is 5.59. The second kappa shape index (κ2) is 7.24. The number of likely N-dealkylation sites (tertiary alicyclic amines) is 1. The topological polar surface area (TPSA) is 41.3 Å². The fraction of sp³-hybridized carbons (Fsp3) is 1.00. The van der Waals surface area contributed by atoms with Gasteiger partial charge in [0.1, 0.15) is 0 Å². The van der Waals surface area contributed by atoms with Gasteiger partial charge in [-0.05, 0) is 50.0 Å². The fourth-order valence-electron chi connectivity index (χ4n) is 4.36. The molecule has 0 aromatic heterocycles. The van der Waals surface area contributed by atoms with Crippen LogP contribution in [0.5, 0.6) is 0 Å². The SMILES string of the molecule is NCCN1CC(CC2CC2)CC(NCC2CCCC2)C1. The highest BCUT2D eigenvalue weighted by atomic mass is 15.2. The first-order valence-electron chi connectivity index (χ1n) is 8.99. The fourth-order valence-corrected chi connectivity index (χ4v) is 4.36. The number of nitrogens with two attached hydrogens (primary N) is 1. The zero-order valence-corrected chi connectivity index (χ0v) is 13.0. The molecule has 3 nitrogen and oxygen atoms in total. The first kappa shape index (κ1) is 14.8. The normalized spacial score (nSPS) is 32.9. The van der Waals surface area contributed by atoms with E-state index in [-0.39, 0.29) is 0 Å². The lowest BCUT2D eigenvalue weighted by atomic mass is 9.89. The number of piperidine rings is 1. The van der Waals surface area contributed by atoms with E-state index >= 15 is 0 Å². The second-order valence-electron chi connectivity index (χ2n) is 7.58. The first-order chi connectivity index (χ1) is 9.83. The van der Waals surface area contributed by atoms with Crippen LogP contribution in [0.1, 0.15) is 51.4 Å². The Hall–Kier alpha value is -0.120. The molecular weight excluding hydrogens is 246 g/mol. The summed E-state index contributed by atoms with van der Waals surface area (Å²) >= 11 is 0. The zero-order valence-electron chi connectivity index (χ0n) is 13.0. The van der Waals surface area contributed by atoms with Crippen molar-refractivity contribution in [1.29, 1.82) is 0 Å². The van der Waals surface area contributed by atoms with Gasteiger partial charge in [-0.3, -0.25) is 0 Å². The maximum Gasteiger partial charge on any atom is 0.0198 e. The Balaban J connectivity index is 1.45. The van der Waals surface area contributed by atoms with Crippen LogP contribution < -0.4 is 11.1 Å². The number of hydrogen-bond acceptors (Lipinski definition) is 3. The van der Waals surface area contributed by atoms with Crippen molar-refractivity contribution < 1.29 is 0 Å². The van der Waals surface area contributed by atoms with Gasteiger partial charge >= 0.3 is 0 Å². The smallest absolute Gasteiger partial charge is 0.0198 e. The predicted molar refractivity (Wildman–Crippen MR) is 84.7 cm³/mol. The van der Waals surface area contributed by atoms with Crippen molar-refractivity contribution in [3.8, 4) is 0 Å². The molecule has 2 saturated carbocycles. The second-order valence-corrected chi connectivity index (χ2v) is 7.58. The molecule has 3 N–H and O–H groups in total. The summed E-state index contributed by atoms with van der Waals surface area (Å²) in [7, 11) is 0. The number of nitrogens with one attached hydrogen (secondary N) is 1. The van der Waals surface area contributed by atoms with E-state index in [0.717, 1.165) is 36.9 Å². The van der Waals surface area contributed by atoms with Crippen molar-refractivity contribution in [2.24, 2.45) is 23.5 Å². The number of hydrogen-bond donors (Lipinski definition) is 2. The van der Waals surface area contributed by atoms with E-state index in [1.165, 1.54) is 71.0 Å². The van der Waals surface area contributed by atoms with Crippen molar-refractivity contribution in [1.82, 2.24) is 10.2 Å². The van der Waals surface area contributed by atoms with Crippen LogP contribution in [0.25, 0.3) is 0 Å². The molecule has 2 aliphatic carbocycles. The Kier molecular flexibility index (Phi) is 5.36. The van der Waals surface area contributed by atoms with E-state index in [9.17, 15) is 0 Å². The number of rotatable bonds is 7. The molecule has 1 aliphatic heterocycles. The summed E-state index contributed by atoms with van der Waals surface area (Å²) in [5.74, 6) is 2.94. The molecule has 3 rings (SSSR count). The van der Waals surface area contributed by atoms with Crippen molar-refractivity contribution in [2.45, 2.75) is 57.4 Å². The molecule has 0 amide bonds. The predicted octanol–water partition coefficient (Wildman–Crippen LogP) is 2.22. The Morgan fingerprint density at radius 3 is 2.45 bits per heavy atom. The van der Waals surface area contributed by atoms with E-state index in [0.29, 0.717) is 0 Å². The van der Waals surface area contributed by atoms with Crippen LogP contribution in [0.2, 0.25) is 0 Å². The number of nitrogens with zero attached hydrogens (tertiary/aromatic N) is 1. The van der Waals surface area contributed by atoms with E-state index in [1.54, 1.807) is 0 Å². The van der Waals surface area contributed by atoms with Gasteiger partial charge in [0.2, 0.25) is 0 Å². The maximum atomic E-state index is 5.78. The molecular formula is C17H33N3. The molecule has 116 valence electrons. The molecule has 2 atom stereocenters. The zero-order chi connectivity index (χ0) is 13.8. The average Bonchev–Trinajstić information content (AvgIpc) is 3.09. The monoisotopic (exact) mass is 279 g/mol. The average molecular weight is 279 g/mol. The largest absolute Gasteiger partial charge is 0.329 e. The quantitative estimate of drug-likeness (QED) is 0.751. The molecule has 1 heterocycles. The summed E-state index contributed by atoms with van der Waals surface area (Å²) in [6.45, 7) is 5.69. The third kappa shape index (κ3) is 4.44. The molecule has 0 aromatic carbocycles. The molecule has 0 aromatic rings.